The number of benzene rings is 4. The van der Waals surface area contributed by atoms with Crippen molar-refractivity contribution >= 4 is 74.2 Å². The topological polar surface area (TPSA) is 256 Å². The molecule has 17 nitrogen and oxygen atoms in total. The fourth-order valence-corrected chi connectivity index (χ4v) is 9.72. The van der Waals surface area contributed by atoms with E-state index in [1.807, 2.05) is 110 Å². The van der Waals surface area contributed by atoms with Crippen LogP contribution in [0.25, 0.3) is 32.7 Å². The lowest BCUT2D eigenvalue weighted by molar-refractivity contribution is -0.143. The van der Waals surface area contributed by atoms with Gasteiger partial charge in [-0.2, -0.15) is 0 Å². The zero-order valence-electron chi connectivity index (χ0n) is 40.9. The molecule has 4 aromatic carbocycles. The molecule has 3 aromatic heterocycles. The van der Waals surface area contributed by atoms with Gasteiger partial charge in [0.1, 0.15) is 30.8 Å². The van der Waals surface area contributed by atoms with E-state index in [1.54, 1.807) is 25.5 Å². The molecule has 7 atom stereocenters. The highest BCUT2D eigenvalue weighted by Gasteiger charge is 2.36. The van der Waals surface area contributed by atoms with Crippen LogP contribution in [0.3, 0.4) is 0 Å². The minimum atomic E-state index is -1.19. The summed E-state index contributed by atoms with van der Waals surface area (Å²) in [7, 11) is 0. The molecule has 1 aliphatic carbocycles. The molecule has 0 aliphatic heterocycles. The number of carboxylic acid groups (broad SMARTS) is 1. The predicted molar refractivity (Wildman–Crippen MR) is 276 cm³/mol. The van der Waals surface area contributed by atoms with Crippen LogP contribution >= 0.6 is 0 Å². The summed E-state index contributed by atoms with van der Waals surface area (Å²) >= 11 is 0. The van der Waals surface area contributed by atoms with E-state index in [4.69, 9.17) is 4.74 Å². The number of H-pyrrole nitrogens is 3. The molecule has 1 saturated carbocycles. The predicted octanol–water partition coefficient (Wildman–Crippen LogP) is 6.67. The number of carboxylic acids is 1. The first-order valence-corrected chi connectivity index (χ1v) is 24.9. The van der Waals surface area contributed by atoms with Gasteiger partial charge in [0, 0.05) is 82.9 Å². The Hall–Kier alpha value is -8.21. The molecule has 8 rings (SSSR count). The molecule has 9 N–H and O–H groups in total. The van der Waals surface area contributed by atoms with Crippen LogP contribution in [0, 0.1) is 11.8 Å². The Bertz CT molecular complexity index is 3090. The highest BCUT2D eigenvalue weighted by atomic mass is 16.5. The average molecular weight is 991 g/mol. The number of hydrogen-bond acceptors (Lipinski definition) is 8. The normalized spacial score (nSPS) is 16.7. The molecule has 3 heterocycles. The molecule has 0 radical (unpaired) electrons. The Morgan fingerprint density at radius 2 is 1.12 bits per heavy atom. The first kappa shape index (κ1) is 51.2. The molecule has 0 spiro atoms. The van der Waals surface area contributed by atoms with E-state index < -0.39 is 71.8 Å². The van der Waals surface area contributed by atoms with Gasteiger partial charge >= 0.3 is 12.1 Å². The number of amides is 5. The number of para-hydroxylation sites is 3. The van der Waals surface area contributed by atoms with Crippen LogP contribution in [-0.2, 0) is 59.4 Å². The lowest BCUT2D eigenvalue weighted by Crippen LogP contribution is -2.57. The summed E-state index contributed by atoms with van der Waals surface area (Å²) in [4.78, 5) is 106. The van der Waals surface area contributed by atoms with Crippen LogP contribution in [-0.4, -0.2) is 91.7 Å². The molecule has 0 bridgehead atoms. The van der Waals surface area contributed by atoms with Crippen molar-refractivity contribution < 1.29 is 43.4 Å². The van der Waals surface area contributed by atoms with E-state index in [1.165, 1.54) is 0 Å². The number of Topliss-reactive ketones (excluding diaryl/α,β-unsaturated/α-hetero) is 1. The summed E-state index contributed by atoms with van der Waals surface area (Å²) in [5, 5.41) is 26.6. The first-order valence-electron chi connectivity index (χ1n) is 24.9. The van der Waals surface area contributed by atoms with Crippen molar-refractivity contribution in [3.05, 3.63) is 144 Å². The zero-order chi connectivity index (χ0) is 51.4. The number of nitrogens with one attached hydrogen (secondary N) is 8. The standard InChI is InChI=1S/C56H62N8O9/c1-3-33(2)50(55(70)71)64-54(69)46(26-36-29-57-42-20-10-7-17-39(36)42)60-49(65)25-24-35-16-13-23-45(51(35)66)61-52(67)47(27-37-30-58-43-21-11-8-18-40(37)43)62-53(68)48(28-38-31-59-44-22-12-9-19-41(38)44)63-56(72)73-32-34-14-5-4-6-15-34/h4-12,14-15,17-22,29-31,33,35,45-48,50,57-59H,3,13,16,23-28,32H2,1-2H3,(H,60,65)(H,61,67)(H,62,68)(H,63,72)(H,64,69)(H,70,71)/t33-,35+,45+,46-,47-,48-,50-/m0/s1. The van der Waals surface area contributed by atoms with E-state index >= 15 is 0 Å². The average Bonchev–Trinajstić information content (AvgIpc) is 4.14. The second-order valence-electron chi connectivity index (χ2n) is 19.0. The molecule has 17 heteroatoms. The Kier molecular flexibility index (Phi) is 16.7. The van der Waals surface area contributed by atoms with Crippen molar-refractivity contribution in [3.63, 3.8) is 0 Å². The van der Waals surface area contributed by atoms with E-state index in [0.717, 1.165) is 55.0 Å². The molecule has 1 aliphatic rings. The number of carbonyl (C=O) groups excluding carboxylic acids is 6. The van der Waals surface area contributed by atoms with Gasteiger partial charge in [-0.25, -0.2) is 9.59 Å². The number of ketones is 1. The summed E-state index contributed by atoms with van der Waals surface area (Å²) in [6.07, 6.45) is 6.60. The van der Waals surface area contributed by atoms with Crippen molar-refractivity contribution in [1.29, 1.82) is 0 Å². The van der Waals surface area contributed by atoms with Crippen molar-refractivity contribution in [1.82, 2.24) is 41.5 Å². The smallest absolute Gasteiger partial charge is 0.408 e. The maximum absolute atomic E-state index is 14.6. The van der Waals surface area contributed by atoms with Gasteiger partial charge in [-0.1, -0.05) is 112 Å². The fourth-order valence-electron chi connectivity index (χ4n) is 9.72. The van der Waals surface area contributed by atoms with Crippen LogP contribution < -0.4 is 26.6 Å². The lowest BCUT2D eigenvalue weighted by atomic mass is 9.81. The largest absolute Gasteiger partial charge is 0.480 e. The highest BCUT2D eigenvalue weighted by molar-refractivity contribution is 5.97. The number of fused-ring (bicyclic) bond motifs is 3. The third-order valence-electron chi connectivity index (χ3n) is 14.0. The number of alkyl carbamates (subject to hydrolysis) is 1. The van der Waals surface area contributed by atoms with Crippen LogP contribution in [0.5, 0.6) is 0 Å². The van der Waals surface area contributed by atoms with Gasteiger partial charge in [0.05, 0.1) is 6.04 Å². The molecule has 0 saturated heterocycles. The number of hydrogen-bond donors (Lipinski definition) is 9. The first-order chi connectivity index (χ1) is 35.3. The van der Waals surface area contributed by atoms with Gasteiger partial charge < -0.3 is 51.4 Å². The van der Waals surface area contributed by atoms with Gasteiger partial charge in [-0.05, 0) is 65.6 Å². The molecule has 73 heavy (non-hydrogen) atoms. The number of ether oxygens (including phenoxy) is 1. The maximum Gasteiger partial charge on any atom is 0.408 e. The number of aromatic nitrogens is 3. The van der Waals surface area contributed by atoms with Crippen molar-refractivity contribution in [2.75, 3.05) is 0 Å². The summed E-state index contributed by atoms with van der Waals surface area (Å²) < 4.78 is 5.53. The van der Waals surface area contributed by atoms with E-state index in [2.05, 4.69) is 41.5 Å². The monoisotopic (exact) mass is 990 g/mol. The molecule has 7 aromatic rings. The maximum atomic E-state index is 14.6. The molecule has 0 unspecified atom stereocenters. The number of carbonyl (C=O) groups is 7. The van der Waals surface area contributed by atoms with Crippen LogP contribution in [0.15, 0.2) is 122 Å². The number of aromatic amines is 3. The van der Waals surface area contributed by atoms with Crippen molar-refractivity contribution in [2.45, 2.75) is 108 Å². The van der Waals surface area contributed by atoms with E-state index in [9.17, 15) is 38.7 Å². The fraction of sp³-hybridized carbons (Fsp3) is 0.339. The summed E-state index contributed by atoms with van der Waals surface area (Å²) in [5.41, 5.74) is 5.53. The summed E-state index contributed by atoms with van der Waals surface area (Å²) in [5.74, 6) is -4.77. The zero-order valence-corrected chi connectivity index (χ0v) is 40.9. The number of aliphatic carboxylic acids is 1. The minimum Gasteiger partial charge on any atom is -0.480 e. The lowest BCUT2D eigenvalue weighted by Gasteiger charge is -2.30. The Morgan fingerprint density at radius 3 is 1.66 bits per heavy atom. The highest BCUT2D eigenvalue weighted by Crippen LogP contribution is 2.27. The molecule has 1 fully saturated rings. The Morgan fingerprint density at radius 1 is 0.630 bits per heavy atom. The van der Waals surface area contributed by atoms with Gasteiger partial charge in [-0.15, -0.1) is 0 Å². The van der Waals surface area contributed by atoms with Gasteiger partial charge in [0.2, 0.25) is 23.6 Å². The minimum absolute atomic E-state index is 0.0300. The van der Waals surface area contributed by atoms with Gasteiger partial charge in [0.15, 0.2) is 5.78 Å². The summed E-state index contributed by atoms with van der Waals surface area (Å²) in [6.45, 7) is 3.54. The Labute approximate surface area is 422 Å². The van der Waals surface area contributed by atoms with Gasteiger partial charge in [-0.3, -0.25) is 24.0 Å². The van der Waals surface area contributed by atoms with Crippen LogP contribution in [0.2, 0.25) is 0 Å². The molecular formula is C56H62N8O9. The second kappa shape index (κ2) is 23.8. The van der Waals surface area contributed by atoms with Crippen molar-refractivity contribution in [2.24, 2.45) is 11.8 Å². The molecule has 5 amide bonds. The van der Waals surface area contributed by atoms with Crippen LogP contribution in [0.4, 0.5) is 4.79 Å². The van der Waals surface area contributed by atoms with Crippen molar-refractivity contribution in [3.8, 4) is 0 Å². The van der Waals surface area contributed by atoms with E-state index in [-0.39, 0.29) is 50.4 Å². The van der Waals surface area contributed by atoms with E-state index in [0.29, 0.717) is 25.7 Å². The second-order valence-corrected chi connectivity index (χ2v) is 19.0. The summed E-state index contributed by atoms with van der Waals surface area (Å²) in [6, 6.07) is 26.2. The van der Waals surface area contributed by atoms with Crippen LogP contribution in [0.1, 0.15) is 74.6 Å². The number of rotatable bonds is 22. The Balaban J connectivity index is 0.960. The molecular weight excluding hydrogens is 929 g/mol. The van der Waals surface area contributed by atoms with Gasteiger partial charge in [0.25, 0.3) is 0 Å². The quantitative estimate of drug-likeness (QED) is 0.0351. The SMILES string of the molecule is CC[C@H](C)[C@H](NC(=O)[C@H](Cc1c[nH]c2ccccc12)NC(=O)CC[C@H]1CCC[C@@H](NC(=O)[C@H](Cc2c[nH]c3ccccc23)NC(=O)[C@H](Cc2c[nH]c3ccccc23)NC(=O)OCc2ccccc2)C1=O)C(=O)O. The third-order valence-corrected chi connectivity index (χ3v) is 14.0. The third kappa shape index (κ3) is 12.8. The molecule has 380 valence electrons.